The number of ether oxygens (including phenoxy) is 1. The SMILES string of the molecule is Cc1cc(C(=O)N2CCN(C(=O)COc3ccccc3C)CC2)ccc1F. The van der Waals surface area contributed by atoms with Crippen LogP contribution in [0.4, 0.5) is 4.39 Å². The third-order valence-corrected chi connectivity index (χ3v) is 4.77. The second-order valence-corrected chi connectivity index (χ2v) is 6.69. The number of para-hydroxylation sites is 1. The lowest BCUT2D eigenvalue weighted by atomic mass is 10.1. The number of hydrogen-bond donors (Lipinski definition) is 0. The zero-order chi connectivity index (χ0) is 19.4. The van der Waals surface area contributed by atoms with Crippen LogP contribution in [0.1, 0.15) is 21.5 Å². The highest BCUT2D eigenvalue weighted by Gasteiger charge is 2.25. The standard InChI is InChI=1S/C21H23FN2O3/c1-15-5-3-4-6-19(15)27-14-20(25)23-9-11-24(12-10-23)21(26)17-7-8-18(22)16(2)13-17/h3-8,13H,9-12,14H2,1-2H3. The highest BCUT2D eigenvalue weighted by Crippen LogP contribution is 2.17. The summed E-state index contributed by atoms with van der Waals surface area (Å²) in [6.45, 7) is 5.37. The largest absolute Gasteiger partial charge is 0.484 e. The van der Waals surface area contributed by atoms with Crippen molar-refractivity contribution in [3.63, 3.8) is 0 Å². The molecule has 0 atom stereocenters. The minimum absolute atomic E-state index is 0.0179. The van der Waals surface area contributed by atoms with Crippen molar-refractivity contribution in [2.24, 2.45) is 0 Å². The number of carbonyl (C=O) groups excluding carboxylic acids is 2. The van der Waals surface area contributed by atoms with Crippen molar-refractivity contribution >= 4 is 11.8 Å². The molecule has 3 rings (SSSR count). The monoisotopic (exact) mass is 370 g/mol. The quantitative estimate of drug-likeness (QED) is 0.832. The zero-order valence-electron chi connectivity index (χ0n) is 15.6. The summed E-state index contributed by atoms with van der Waals surface area (Å²) in [5, 5.41) is 0. The molecular weight excluding hydrogens is 347 g/mol. The van der Waals surface area contributed by atoms with Gasteiger partial charge in [0.05, 0.1) is 0 Å². The van der Waals surface area contributed by atoms with Crippen molar-refractivity contribution in [3.8, 4) is 5.75 Å². The Balaban J connectivity index is 1.52. The molecule has 0 saturated carbocycles. The van der Waals surface area contributed by atoms with Crippen LogP contribution in [0.3, 0.4) is 0 Å². The zero-order valence-corrected chi connectivity index (χ0v) is 15.6. The summed E-state index contributed by atoms with van der Waals surface area (Å²) in [6, 6.07) is 11.9. The topological polar surface area (TPSA) is 49.9 Å². The van der Waals surface area contributed by atoms with E-state index in [0.29, 0.717) is 43.1 Å². The van der Waals surface area contributed by atoms with Gasteiger partial charge in [-0.2, -0.15) is 0 Å². The van der Waals surface area contributed by atoms with Gasteiger partial charge in [-0.3, -0.25) is 9.59 Å². The van der Waals surface area contributed by atoms with Crippen molar-refractivity contribution in [3.05, 3.63) is 65.0 Å². The maximum absolute atomic E-state index is 13.4. The summed E-state index contributed by atoms with van der Waals surface area (Å²) < 4.78 is 19.0. The molecule has 27 heavy (non-hydrogen) atoms. The molecule has 1 fully saturated rings. The van der Waals surface area contributed by atoms with Gasteiger partial charge in [0.15, 0.2) is 6.61 Å². The molecule has 0 aliphatic carbocycles. The molecule has 2 aromatic rings. The van der Waals surface area contributed by atoms with Gasteiger partial charge in [-0.15, -0.1) is 0 Å². The number of amides is 2. The second-order valence-electron chi connectivity index (χ2n) is 6.69. The highest BCUT2D eigenvalue weighted by atomic mass is 19.1. The van der Waals surface area contributed by atoms with Gasteiger partial charge < -0.3 is 14.5 Å². The first kappa shape index (κ1) is 18.9. The van der Waals surface area contributed by atoms with Crippen LogP contribution >= 0.6 is 0 Å². The Bertz CT molecular complexity index is 845. The van der Waals surface area contributed by atoms with Gasteiger partial charge in [-0.1, -0.05) is 18.2 Å². The maximum atomic E-state index is 13.4. The number of nitrogens with zero attached hydrogens (tertiary/aromatic N) is 2. The van der Waals surface area contributed by atoms with E-state index in [9.17, 15) is 14.0 Å². The van der Waals surface area contributed by atoms with Crippen LogP contribution in [0.15, 0.2) is 42.5 Å². The molecule has 2 aromatic carbocycles. The van der Waals surface area contributed by atoms with Crippen LogP contribution in [-0.2, 0) is 4.79 Å². The van der Waals surface area contributed by atoms with Gasteiger partial charge in [0.25, 0.3) is 11.8 Å². The van der Waals surface area contributed by atoms with Gasteiger partial charge in [0.2, 0.25) is 0 Å². The molecular formula is C21H23FN2O3. The summed E-state index contributed by atoms with van der Waals surface area (Å²) in [5.41, 5.74) is 1.90. The van der Waals surface area contributed by atoms with Crippen LogP contribution < -0.4 is 4.74 Å². The molecule has 0 unspecified atom stereocenters. The molecule has 0 bridgehead atoms. The molecule has 0 N–H and O–H groups in total. The molecule has 6 heteroatoms. The number of aryl methyl sites for hydroxylation is 2. The number of halogens is 1. The Morgan fingerprint density at radius 3 is 2.30 bits per heavy atom. The van der Waals surface area contributed by atoms with Crippen molar-refractivity contribution in [1.82, 2.24) is 9.80 Å². The lowest BCUT2D eigenvalue weighted by Crippen LogP contribution is -2.51. The number of hydrogen-bond acceptors (Lipinski definition) is 3. The van der Waals surface area contributed by atoms with Crippen LogP contribution in [-0.4, -0.2) is 54.4 Å². The van der Waals surface area contributed by atoms with Gasteiger partial charge in [0.1, 0.15) is 11.6 Å². The van der Waals surface area contributed by atoms with E-state index in [2.05, 4.69) is 0 Å². The molecule has 5 nitrogen and oxygen atoms in total. The predicted octanol–water partition coefficient (Wildman–Crippen LogP) is 2.81. The van der Waals surface area contributed by atoms with E-state index in [1.54, 1.807) is 22.8 Å². The van der Waals surface area contributed by atoms with Crippen LogP contribution in [0.2, 0.25) is 0 Å². The van der Waals surface area contributed by atoms with Crippen LogP contribution in [0, 0.1) is 19.7 Å². The fourth-order valence-electron chi connectivity index (χ4n) is 3.07. The van der Waals surface area contributed by atoms with E-state index in [0.717, 1.165) is 5.56 Å². The van der Waals surface area contributed by atoms with E-state index < -0.39 is 0 Å². The second kappa shape index (κ2) is 8.20. The molecule has 142 valence electrons. The van der Waals surface area contributed by atoms with Crippen molar-refractivity contribution in [1.29, 1.82) is 0 Å². The fourth-order valence-corrected chi connectivity index (χ4v) is 3.07. The summed E-state index contributed by atoms with van der Waals surface area (Å²) in [6.07, 6.45) is 0. The van der Waals surface area contributed by atoms with E-state index in [1.807, 2.05) is 31.2 Å². The number of carbonyl (C=O) groups is 2. The summed E-state index contributed by atoms with van der Waals surface area (Å²) in [4.78, 5) is 28.3. The molecule has 0 spiro atoms. The predicted molar refractivity (Wildman–Crippen MR) is 100 cm³/mol. The molecule has 1 aliphatic heterocycles. The fraction of sp³-hybridized carbons (Fsp3) is 0.333. The first-order valence-corrected chi connectivity index (χ1v) is 8.97. The minimum Gasteiger partial charge on any atom is -0.484 e. The van der Waals surface area contributed by atoms with E-state index in [1.165, 1.54) is 12.1 Å². The first-order valence-electron chi connectivity index (χ1n) is 8.97. The molecule has 1 aliphatic rings. The summed E-state index contributed by atoms with van der Waals surface area (Å²) in [5.74, 6) is 0.145. The lowest BCUT2D eigenvalue weighted by Gasteiger charge is -2.34. The Morgan fingerprint density at radius 1 is 0.963 bits per heavy atom. The van der Waals surface area contributed by atoms with Crippen molar-refractivity contribution in [2.45, 2.75) is 13.8 Å². The van der Waals surface area contributed by atoms with Gasteiger partial charge >= 0.3 is 0 Å². The van der Waals surface area contributed by atoms with Crippen LogP contribution in [0.25, 0.3) is 0 Å². The Morgan fingerprint density at radius 2 is 1.63 bits per heavy atom. The minimum atomic E-state index is -0.324. The highest BCUT2D eigenvalue weighted by molar-refractivity contribution is 5.94. The molecule has 2 amide bonds. The van der Waals surface area contributed by atoms with Gasteiger partial charge in [0, 0.05) is 31.7 Å². The molecule has 1 heterocycles. The third-order valence-electron chi connectivity index (χ3n) is 4.77. The average molecular weight is 370 g/mol. The Labute approximate surface area is 158 Å². The van der Waals surface area contributed by atoms with Crippen molar-refractivity contribution < 1.29 is 18.7 Å². The summed E-state index contributed by atoms with van der Waals surface area (Å²) in [7, 11) is 0. The number of benzene rings is 2. The van der Waals surface area contributed by atoms with Gasteiger partial charge in [-0.25, -0.2) is 4.39 Å². The number of rotatable bonds is 4. The first-order chi connectivity index (χ1) is 13.0. The van der Waals surface area contributed by atoms with Crippen LogP contribution in [0.5, 0.6) is 5.75 Å². The molecule has 1 saturated heterocycles. The van der Waals surface area contributed by atoms with Gasteiger partial charge in [-0.05, 0) is 49.2 Å². The summed E-state index contributed by atoms with van der Waals surface area (Å²) >= 11 is 0. The van der Waals surface area contributed by atoms with E-state index in [4.69, 9.17) is 4.74 Å². The van der Waals surface area contributed by atoms with E-state index >= 15 is 0 Å². The van der Waals surface area contributed by atoms with E-state index in [-0.39, 0.29) is 24.2 Å². The molecule has 0 aromatic heterocycles. The van der Waals surface area contributed by atoms with Crippen molar-refractivity contribution in [2.75, 3.05) is 32.8 Å². The lowest BCUT2D eigenvalue weighted by molar-refractivity contribution is -0.134. The maximum Gasteiger partial charge on any atom is 0.260 e. The normalized spacial score (nSPS) is 14.2. The third kappa shape index (κ3) is 4.45. The Hall–Kier alpha value is -2.89. The average Bonchev–Trinajstić information content (AvgIpc) is 2.69. The molecule has 0 radical (unpaired) electrons. The smallest absolute Gasteiger partial charge is 0.260 e. The Kier molecular flexibility index (Phi) is 5.74. The number of piperazine rings is 1.